The van der Waals surface area contributed by atoms with Crippen molar-refractivity contribution in [2.24, 2.45) is 0 Å². The fraction of sp³-hybridized carbons (Fsp3) is 0.455. The molecule has 0 heterocycles. The van der Waals surface area contributed by atoms with Crippen LogP contribution in [0.25, 0.3) is 0 Å². The largest absolute Gasteiger partial charge is 0.370 e. The monoisotopic (exact) mass is 172 g/mol. The van der Waals surface area contributed by atoms with Gasteiger partial charge in [-0.1, -0.05) is 55.7 Å². The van der Waals surface area contributed by atoms with E-state index >= 15 is 0 Å². The maximum atomic E-state index is 2.27. The molecule has 1 aromatic carbocycles. The van der Waals surface area contributed by atoms with E-state index in [9.17, 15) is 0 Å². The van der Waals surface area contributed by atoms with Crippen LogP contribution in [0.5, 0.6) is 0 Å². The number of hydrogen-bond donors (Lipinski definition) is 0. The van der Waals surface area contributed by atoms with Crippen LogP contribution in [0.1, 0.15) is 25.3 Å². The molecule has 0 unspecified atom stereocenters. The Morgan fingerprint density at radius 3 is 2.58 bits per heavy atom. The van der Waals surface area contributed by atoms with Crippen LogP contribution < -0.4 is 0 Å². The van der Waals surface area contributed by atoms with Gasteiger partial charge in [0.25, 0.3) is 0 Å². The quantitative estimate of drug-likeness (QED) is 0.473. The van der Waals surface area contributed by atoms with Crippen LogP contribution in [0, 0.1) is 0 Å². The molecule has 1 rings (SSSR count). The molecule has 0 aromatic heterocycles. The molecule has 12 heavy (non-hydrogen) atoms. The van der Waals surface area contributed by atoms with Crippen molar-refractivity contribution in [3.05, 3.63) is 35.9 Å². The molecule has 0 aliphatic heterocycles. The second kappa shape index (κ2) is 6.50. The van der Waals surface area contributed by atoms with Gasteiger partial charge in [0.05, 0.1) is 0 Å². The molecule has 0 aliphatic carbocycles. The van der Waals surface area contributed by atoms with Gasteiger partial charge < -0.3 is 0 Å². The molecule has 0 atom stereocenters. The number of hydrogen-bond acceptors (Lipinski definition) is 0. The summed E-state index contributed by atoms with van der Waals surface area (Å²) in [6.07, 6.45) is 2.81. The van der Waals surface area contributed by atoms with Crippen LogP contribution in [0.15, 0.2) is 30.3 Å². The van der Waals surface area contributed by atoms with Crippen LogP contribution in [-0.4, -0.2) is 20.4 Å². The molecule has 0 aliphatic rings. The van der Waals surface area contributed by atoms with Crippen LogP contribution in [0.3, 0.4) is 0 Å². The van der Waals surface area contributed by atoms with Gasteiger partial charge in [-0.3, -0.25) is 0 Å². The van der Waals surface area contributed by atoms with Crippen molar-refractivity contribution >= 4 is 20.4 Å². The Kier molecular flexibility index (Phi) is 5.45. The van der Waals surface area contributed by atoms with Crippen LogP contribution in [0.4, 0.5) is 0 Å². The minimum atomic E-state index is 0.202. The summed E-state index contributed by atoms with van der Waals surface area (Å²) < 4.78 is 2.91. The van der Waals surface area contributed by atoms with E-state index in [2.05, 4.69) is 37.3 Å². The van der Waals surface area contributed by atoms with E-state index in [-0.39, 0.29) is 20.4 Å². The third-order valence-electron chi connectivity index (χ3n) is 2.16. The Balaban J connectivity index is 2.16. The van der Waals surface area contributed by atoms with Crippen LogP contribution >= 0.6 is 0 Å². The molecule has 0 N–H and O–H groups in total. The van der Waals surface area contributed by atoms with Crippen molar-refractivity contribution in [3.63, 3.8) is 0 Å². The topological polar surface area (TPSA) is 0 Å². The molecule has 0 saturated carbocycles. The summed E-state index contributed by atoms with van der Waals surface area (Å²) in [6.45, 7) is 2.27. The number of unbranched alkanes of at least 4 members (excludes halogenated alkanes) is 1. The lowest BCUT2D eigenvalue weighted by Crippen LogP contribution is -1.95. The van der Waals surface area contributed by atoms with E-state index in [1.165, 1.54) is 21.9 Å². The van der Waals surface area contributed by atoms with Gasteiger partial charge in [0.2, 0.25) is 0 Å². The van der Waals surface area contributed by atoms with Crippen molar-refractivity contribution in [3.8, 4) is 0 Å². The Hall–Kier alpha value is -0.0138. The van der Waals surface area contributed by atoms with E-state index in [1.54, 1.807) is 5.56 Å². The lowest BCUT2D eigenvalue weighted by atomic mass is 10.2. The van der Waals surface area contributed by atoms with E-state index < -0.39 is 0 Å². The average Bonchev–Trinajstić information content (AvgIpc) is 2.14. The summed E-state index contributed by atoms with van der Waals surface area (Å²) in [7, 11) is 0. The molecular weight excluding hydrogens is 156 g/mol. The summed E-state index contributed by atoms with van der Waals surface area (Å²) in [4.78, 5) is 0. The predicted molar refractivity (Wildman–Crippen MR) is 55.6 cm³/mol. The molecule has 62 valence electrons. The molecule has 1 heteroatoms. The third-order valence-corrected chi connectivity index (χ3v) is 4.09. The fourth-order valence-electron chi connectivity index (χ4n) is 1.40. The highest BCUT2D eigenvalue weighted by Gasteiger charge is 1.95. The Bertz CT molecular complexity index is 193. The van der Waals surface area contributed by atoms with E-state index in [0.29, 0.717) is 0 Å². The normalized spacial score (nSPS) is 9.42. The molecular formula is C11H16Mg. The van der Waals surface area contributed by atoms with E-state index in [1.807, 2.05) is 0 Å². The maximum absolute atomic E-state index is 2.27. The van der Waals surface area contributed by atoms with Gasteiger partial charge in [-0.05, 0) is 0 Å². The molecule has 0 spiro atoms. The van der Waals surface area contributed by atoms with Gasteiger partial charge in [-0.25, -0.2) is 0 Å². The summed E-state index contributed by atoms with van der Waals surface area (Å²) >= 11 is 0.202. The first-order chi connectivity index (χ1) is 5.93. The fourth-order valence-corrected chi connectivity index (χ4v) is 3.25. The van der Waals surface area contributed by atoms with Gasteiger partial charge in [0, 0.05) is 0 Å². The molecule has 0 fully saturated rings. The van der Waals surface area contributed by atoms with Crippen molar-refractivity contribution in [2.45, 2.75) is 28.9 Å². The minimum Gasteiger partial charge on any atom is -0.145 e. The summed E-state index contributed by atoms with van der Waals surface area (Å²) in [5.41, 5.74) is 1.54. The van der Waals surface area contributed by atoms with Crippen molar-refractivity contribution in [1.82, 2.24) is 0 Å². The average molecular weight is 173 g/mol. The highest BCUT2D eigenvalue weighted by Crippen LogP contribution is 2.01. The summed E-state index contributed by atoms with van der Waals surface area (Å²) in [5.74, 6) is 0. The Morgan fingerprint density at radius 1 is 1.17 bits per heavy atom. The predicted octanol–water partition coefficient (Wildman–Crippen LogP) is 3.11. The zero-order valence-corrected chi connectivity index (χ0v) is 9.34. The first kappa shape index (κ1) is 10.1. The Labute approximate surface area is 85.1 Å². The molecule has 0 radical (unpaired) electrons. The smallest absolute Gasteiger partial charge is 0.145 e. The second-order valence-corrected chi connectivity index (χ2v) is 5.21. The minimum absolute atomic E-state index is 0.202. The number of rotatable bonds is 5. The lowest BCUT2D eigenvalue weighted by molar-refractivity contribution is 0.877. The first-order valence-electron chi connectivity index (χ1n) is 4.97. The molecule has 1 aromatic rings. The van der Waals surface area contributed by atoms with Crippen LogP contribution in [-0.2, 0) is 4.55 Å². The number of benzene rings is 1. The standard InChI is InChI=1S/C7H7.C4H9.Mg/c1-7-5-3-2-4-6-7;1-3-4-2;/h2-6H,1H2;1,3-4H2,2H3;. The zero-order chi connectivity index (χ0) is 8.65. The highest BCUT2D eigenvalue weighted by molar-refractivity contribution is 6.34. The van der Waals surface area contributed by atoms with Gasteiger partial charge in [0.15, 0.2) is 0 Å². The van der Waals surface area contributed by atoms with E-state index in [0.717, 1.165) is 0 Å². The third kappa shape index (κ3) is 4.12. The molecule has 0 saturated heterocycles. The SMILES string of the molecule is CCC[CH2][Mg][CH2]c1ccccc1. The molecule has 0 amide bonds. The molecule has 0 nitrogen and oxygen atoms in total. The van der Waals surface area contributed by atoms with Gasteiger partial charge >= 0.3 is 20.4 Å². The van der Waals surface area contributed by atoms with Crippen molar-refractivity contribution in [1.29, 1.82) is 0 Å². The maximum Gasteiger partial charge on any atom is 0.370 e. The zero-order valence-electron chi connectivity index (χ0n) is 7.92. The Morgan fingerprint density at radius 2 is 1.92 bits per heavy atom. The lowest BCUT2D eigenvalue weighted by Gasteiger charge is -1.97. The van der Waals surface area contributed by atoms with Crippen molar-refractivity contribution in [2.75, 3.05) is 0 Å². The second-order valence-electron chi connectivity index (χ2n) is 3.30. The summed E-state index contributed by atoms with van der Waals surface area (Å²) in [6, 6.07) is 10.9. The van der Waals surface area contributed by atoms with Crippen LogP contribution in [0.2, 0.25) is 4.55 Å². The van der Waals surface area contributed by atoms with Gasteiger partial charge in [-0.15, -0.1) is 9.10 Å². The van der Waals surface area contributed by atoms with Crippen molar-refractivity contribution < 1.29 is 0 Å². The summed E-state index contributed by atoms with van der Waals surface area (Å²) in [5, 5.41) is 0. The van der Waals surface area contributed by atoms with Gasteiger partial charge in [-0.2, -0.15) is 0 Å². The highest BCUT2D eigenvalue weighted by atomic mass is 24.5. The van der Waals surface area contributed by atoms with Gasteiger partial charge in [0.1, 0.15) is 0 Å². The first-order valence-corrected chi connectivity index (χ1v) is 6.97. The molecule has 0 bridgehead atoms. The van der Waals surface area contributed by atoms with E-state index in [4.69, 9.17) is 0 Å².